The standard InChI is InChI=1S/C14H25N5O/c1-5-11-12(15)13(19(4)16-11)14(20)18(3)10-7-6-8-17(2)9-10/h10H,5-9,15H2,1-4H3. The van der Waals surface area contributed by atoms with Crippen LogP contribution in [0.15, 0.2) is 0 Å². The van der Waals surface area contributed by atoms with Crippen LogP contribution in [0.25, 0.3) is 0 Å². The average molecular weight is 279 g/mol. The third-order valence-corrected chi connectivity index (χ3v) is 4.17. The van der Waals surface area contributed by atoms with Gasteiger partial charge in [-0.25, -0.2) is 0 Å². The lowest BCUT2D eigenvalue weighted by atomic mass is 10.0. The van der Waals surface area contributed by atoms with Gasteiger partial charge in [-0.3, -0.25) is 9.48 Å². The molecule has 0 aliphatic carbocycles. The molecule has 0 spiro atoms. The lowest BCUT2D eigenvalue weighted by Crippen LogP contribution is -2.47. The number of amides is 1. The molecule has 1 aromatic rings. The minimum absolute atomic E-state index is 0.0301. The number of piperidine rings is 1. The highest BCUT2D eigenvalue weighted by Crippen LogP contribution is 2.21. The molecule has 0 saturated carbocycles. The van der Waals surface area contributed by atoms with Gasteiger partial charge in [-0.05, 0) is 32.9 Å². The summed E-state index contributed by atoms with van der Waals surface area (Å²) in [5.74, 6) is -0.0301. The number of rotatable bonds is 3. The van der Waals surface area contributed by atoms with E-state index in [9.17, 15) is 4.79 Å². The van der Waals surface area contributed by atoms with Crippen LogP contribution in [0.4, 0.5) is 5.69 Å². The van der Waals surface area contributed by atoms with E-state index in [4.69, 9.17) is 5.73 Å². The Morgan fingerprint density at radius 3 is 2.75 bits per heavy atom. The number of carbonyl (C=O) groups excluding carboxylic acids is 1. The van der Waals surface area contributed by atoms with E-state index in [1.807, 2.05) is 18.9 Å². The molecule has 20 heavy (non-hydrogen) atoms. The lowest BCUT2D eigenvalue weighted by Gasteiger charge is -2.35. The van der Waals surface area contributed by atoms with Gasteiger partial charge in [0.15, 0.2) is 0 Å². The van der Waals surface area contributed by atoms with Gasteiger partial charge < -0.3 is 15.5 Å². The van der Waals surface area contributed by atoms with Crippen LogP contribution in [-0.2, 0) is 13.5 Å². The second kappa shape index (κ2) is 5.83. The van der Waals surface area contributed by atoms with E-state index in [1.54, 1.807) is 11.7 Å². The maximum absolute atomic E-state index is 12.7. The van der Waals surface area contributed by atoms with Crippen LogP contribution in [0.3, 0.4) is 0 Å². The highest BCUT2D eigenvalue weighted by molar-refractivity contribution is 5.98. The van der Waals surface area contributed by atoms with Crippen molar-refractivity contribution < 1.29 is 4.79 Å². The molecule has 2 rings (SSSR count). The maximum Gasteiger partial charge on any atom is 0.274 e. The number of hydrogen-bond acceptors (Lipinski definition) is 4. The summed E-state index contributed by atoms with van der Waals surface area (Å²) in [5.41, 5.74) is 7.90. The number of carbonyl (C=O) groups is 1. The molecule has 1 atom stereocenters. The van der Waals surface area contributed by atoms with Crippen molar-refractivity contribution in [2.75, 3.05) is 32.9 Å². The predicted molar refractivity (Wildman–Crippen MR) is 79.6 cm³/mol. The van der Waals surface area contributed by atoms with Gasteiger partial charge in [0.05, 0.1) is 11.4 Å². The molecule has 2 heterocycles. The quantitative estimate of drug-likeness (QED) is 0.886. The lowest BCUT2D eigenvalue weighted by molar-refractivity contribution is 0.0634. The topological polar surface area (TPSA) is 67.4 Å². The summed E-state index contributed by atoms with van der Waals surface area (Å²) in [4.78, 5) is 16.8. The minimum Gasteiger partial charge on any atom is -0.395 e. The smallest absolute Gasteiger partial charge is 0.274 e. The van der Waals surface area contributed by atoms with E-state index < -0.39 is 0 Å². The SMILES string of the molecule is CCc1nn(C)c(C(=O)N(C)C2CCCN(C)C2)c1N. The monoisotopic (exact) mass is 279 g/mol. The molecular formula is C14H25N5O. The molecule has 6 nitrogen and oxygen atoms in total. The fraction of sp³-hybridized carbons (Fsp3) is 0.714. The van der Waals surface area contributed by atoms with Gasteiger partial charge in [0.25, 0.3) is 5.91 Å². The van der Waals surface area contributed by atoms with Crippen molar-refractivity contribution in [1.29, 1.82) is 0 Å². The normalized spacial score (nSPS) is 20.1. The number of nitrogens with zero attached hydrogens (tertiary/aromatic N) is 4. The molecule has 0 bridgehead atoms. The first-order chi connectivity index (χ1) is 9.45. The molecule has 1 saturated heterocycles. The van der Waals surface area contributed by atoms with Gasteiger partial charge in [-0.15, -0.1) is 0 Å². The Morgan fingerprint density at radius 2 is 2.20 bits per heavy atom. The first kappa shape index (κ1) is 14.8. The van der Waals surface area contributed by atoms with Crippen LogP contribution in [0, 0.1) is 0 Å². The van der Waals surface area contributed by atoms with Crippen molar-refractivity contribution in [3.05, 3.63) is 11.4 Å². The van der Waals surface area contributed by atoms with E-state index >= 15 is 0 Å². The summed E-state index contributed by atoms with van der Waals surface area (Å²) in [6.45, 7) is 4.01. The molecule has 1 aliphatic rings. The number of aromatic nitrogens is 2. The zero-order valence-corrected chi connectivity index (χ0v) is 12.9. The fourth-order valence-electron chi connectivity index (χ4n) is 2.90. The van der Waals surface area contributed by atoms with Gasteiger partial charge in [-0.2, -0.15) is 5.10 Å². The zero-order valence-electron chi connectivity index (χ0n) is 12.9. The number of hydrogen-bond donors (Lipinski definition) is 1. The van der Waals surface area contributed by atoms with Gasteiger partial charge in [-0.1, -0.05) is 6.92 Å². The maximum atomic E-state index is 12.7. The second-order valence-corrected chi connectivity index (χ2v) is 5.66. The summed E-state index contributed by atoms with van der Waals surface area (Å²) >= 11 is 0. The summed E-state index contributed by atoms with van der Waals surface area (Å²) in [5, 5.41) is 4.33. The summed E-state index contributed by atoms with van der Waals surface area (Å²) in [6, 6.07) is 0.251. The van der Waals surface area contributed by atoms with Crippen molar-refractivity contribution in [2.24, 2.45) is 7.05 Å². The number of nitrogen functional groups attached to an aromatic ring is 1. The highest BCUT2D eigenvalue weighted by Gasteiger charge is 2.28. The largest absolute Gasteiger partial charge is 0.395 e. The molecule has 1 fully saturated rings. The van der Waals surface area contributed by atoms with Crippen LogP contribution < -0.4 is 5.73 Å². The fourth-order valence-corrected chi connectivity index (χ4v) is 2.90. The molecule has 0 radical (unpaired) electrons. The molecule has 0 aromatic carbocycles. The Bertz CT molecular complexity index is 496. The first-order valence-corrected chi connectivity index (χ1v) is 7.22. The molecule has 2 N–H and O–H groups in total. The zero-order chi connectivity index (χ0) is 14.9. The molecule has 112 valence electrons. The second-order valence-electron chi connectivity index (χ2n) is 5.66. The van der Waals surface area contributed by atoms with Crippen LogP contribution in [-0.4, -0.2) is 58.7 Å². The van der Waals surface area contributed by atoms with Gasteiger partial charge in [0.1, 0.15) is 5.69 Å². The third kappa shape index (κ3) is 2.65. The van der Waals surface area contributed by atoms with Crippen LogP contribution in [0.1, 0.15) is 35.9 Å². The average Bonchev–Trinajstić information content (AvgIpc) is 2.71. The molecule has 1 aromatic heterocycles. The molecule has 6 heteroatoms. The summed E-state index contributed by atoms with van der Waals surface area (Å²) in [6.07, 6.45) is 2.91. The highest BCUT2D eigenvalue weighted by atomic mass is 16.2. The van der Waals surface area contributed by atoms with Crippen LogP contribution in [0.2, 0.25) is 0 Å². The van der Waals surface area contributed by atoms with Gasteiger partial charge in [0.2, 0.25) is 0 Å². The van der Waals surface area contributed by atoms with Gasteiger partial charge >= 0.3 is 0 Å². The first-order valence-electron chi connectivity index (χ1n) is 7.22. The van der Waals surface area contributed by atoms with Crippen molar-refractivity contribution in [2.45, 2.75) is 32.2 Å². The van der Waals surface area contributed by atoms with E-state index in [2.05, 4.69) is 17.0 Å². The van der Waals surface area contributed by atoms with Gasteiger partial charge in [0, 0.05) is 26.7 Å². The van der Waals surface area contributed by atoms with Crippen LogP contribution in [0.5, 0.6) is 0 Å². The minimum atomic E-state index is -0.0301. The Labute approximate surface area is 120 Å². The number of aryl methyl sites for hydroxylation is 2. The number of nitrogens with two attached hydrogens (primary N) is 1. The van der Waals surface area contributed by atoms with E-state index in [0.29, 0.717) is 11.4 Å². The molecule has 1 unspecified atom stereocenters. The van der Waals surface area contributed by atoms with E-state index in [0.717, 1.165) is 38.0 Å². The molecule has 1 amide bonds. The van der Waals surface area contributed by atoms with Crippen molar-refractivity contribution >= 4 is 11.6 Å². The predicted octanol–water partition coefficient (Wildman–Crippen LogP) is 0.731. The van der Waals surface area contributed by atoms with E-state index in [-0.39, 0.29) is 11.9 Å². The van der Waals surface area contributed by atoms with Crippen LogP contribution >= 0.6 is 0 Å². The number of anilines is 1. The van der Waals surface area contributed by atoms with Crippen molar-refractivity contribution in [3.8, 4) is 0 Å². The Morgan fingerprint density at radius 1 is 1.50 bits per heavy atom. The number of likely N-dealkylation sites (N-methyl/N-ethyl adjacent to an activating group) is 2. The summed E-state index contributed by atoms with van der Waals surface area (Å²) < 4.78 is 1.61. The van der Waals surface area contributed by atoms with Crippen molar-refractivity contribution in [1.82, 2.24) is 19.6 Å². The number of likely N-dealkylation sites (tertiary alicyclic amines) is 1. The summed E-state index contributed by atoms with van der Waals surface area (Å²) in [7, 11) is 5.74. The Hall–Kier alpha value is -1.56. The third-order valence-electron chi connectivity index (χ3n) is 4.17. The van der Waals surface area contributed by atoms with Crippen molar-refractivity contribution in [3.63, 3.8) is 0 Å². The molecular weight excluding hydrogens is 254 g/mol. The Kier molecular flexibility index (Phi) is 4.32. The van der Waals surface area contributed by atoms with E-state index in [1.165, 1.54) is 0 Å². The Balaban J connectivity index is 2.20. The molecule has 1 aliphatic heterocycles.